The number of hydrogen-bond acceptors (Lipinski definition) is 7. The molecule has 2 heterocycles. The molecule has 0 aliphatic carbocycles. The lowest BCUT2D eigenvalue weighted by Crippen LogP contribution is -2.42. The van der Waals surface area contributed by atoms with Gasteiger partial charge in [0, 0.05) is 13.1 Å². The SMILES string of the molecule is COC(=O)c1sc(N2CCC(O)(c3cccc(OC(F)(F)F)c3)CC2)nc1Cl. The third-order valence-electron chi connectivity index (χ3n) is 4.41. The third-order valence-corrected chi connectivity index (χ3v) is 5.89. The summed E-state index contributed by atoms with van der Waals surface area (Å²) in [5.74, 6) is -0.959. The molecule has 2 aromatic rings. The molecular formula is C17H16ClF3N2O4S. The van der Waals surface area contributed by atoms with Crippen LogP contribution in [0.1, 0.15) is 28.1 Å². The highest BCUT2D eigenvalue weighted by Gasteiger charge is 2.37. The summed E-state index contributed by atoms with van der Waals surface area (Å²) in [6.07, 6.45) is -4.29. The van der Waals surface area contributed by atoms with E-state index in [1.807, 2.05) is 4.90 Å². The van der Waals surface area contributed by atoms with Crippen molar-refractivity contribution >= 4 is 34.0 Å². The number of nitrogens with zero attached hydrogens (tertiary/aromatic N) is 2. The van der Waals surface area contributed by atoms with E-state index in [2.05, 4.69) is 14.5 Å². The molecule has 0 amide bonds. The van der Waals surface area contributed by atoms with E-state index in [9.17, 15) is 23.1 Å². The van der Waals surface area contributed by atoms with Gasteiger partial charge in [0.15, 0.2) is 15.2 Å². The Balaban J connectivity index is 1.72. The number of carbonyl (C=O) groups is 1. The van der Waals surface area contributed by atoms with Gasteiger partial charge >= 0.3 is 12.3 Å². The van der Waals surface area contributed by atoms with E-state index in [4.69, 9.17) is 11.6 Å². The molecule has 1 N–H and O–H groups in total. The zero-order valence-corrected chi connectivity index (χ0v) is 16.2. The van der Waals surface area contributed by atoms with Gasteiger partial charge in [-0.25, -0.2) is 9.78 Å². The van der Waals surface area contributed by atoms with Gasteiger partial charge in [-0.05, 0) is 30.5 Å². The molecule has 0 spiro atoms. The van der Waals surface area contributed by atoms with Crippen molar-refractivity contribution in [1.82, 2.24) is 4.98 Å². The van der Waals surface area contributed by atoms with E-state index in [0.29, 0.717) is 23.8 Å². The Kier molecular flexibility index (Phi) is 5.74. The van der Waals surface area contributed by atoms with Crippen LogP contribution in [0.15, 0.2) is 24.3 Å². The molecule has 0 bridgehead atoms. The normalized spacial score (nSPS) is 16.7. The number of aliphatic hydroxyl groups is 1. The number of anilines is 1. The van der Waals surface area contributed by atoms with E-state index in [1.165, 1.54) is 25.3 Å². The largest absolute Gasteiger partial charge is 0.573 e. The molecule has 152 valence electrons. The van der Waals surface area contributed by atoms with E-state index < -0.39 is 17.9 Å². The summed E-state index contributed by atoms with van der Waals surface area (Å²) in [5, 5.41) is 11.5. The minimum absolute atomic E-state index is 0.0460. The van der Waals surface area contributed by atoms with Crippen LogP contribution in [0.5, 0.6) is 5.75 Å². The molecule has 0 unspecified atom stereocenters. The number of ether oxygens (including phenoxy) is 2. The fraction of sp³-hybridized carbons (Fsp3) is 0.412. The second kappa shape index (κ2) is 7.76. The average molecular weight is 437 g/mol. The van der Waals surface area contributed by atoms with E-state index >= 15 is 0 Å². The van der Waals surface area contributed by atoms with Crippen molar-refractivity contribution in [2.45, 2.75) is 24.8 Å². The Morgan fingerprint density at radius 2 is 2.04 bits per heavy atom. The first-order valence-corrected chi connectivity index (χ1v) is 9.39. The summed E-state index contributed by atoms with van der Waals surface area (Å²) in [6, 6.07) is 5.35. The number of methoxy groups -OCH3 is 1. The Morgan fingerprint density at radius 1 is 1.36 bits per heavy atom. The molecule has 1 aliphatic rings. The zero-order chi connectivity index (χ0) is 20.5. The van der Waals surface area contributed by atoms with Gasteiger partial charge in [-0.1, -0.05) is 35.1 Å². The smallest absolute Gasteiger partial charge is 0.465 e. The quantitative estimate of drug-likeness (QED) is 0.731. The first-order valence-electron chi connectivity index (χ1n) is 8.19. The number of carbonyl (C=O) groups excluding carboxylic acids is 1. The Bertz CT molecular complexity index is 866. The number of thiazole rings is 1. The fourth-order valence-electron chi connectivity index (χ4n) is 2.98. The lowest BCUT2D eigenvalue weighted by atomic mass is 9.84. The highest BCUT2D eigenvalue weighted by molar-refractivity contribution is 7.18. The molecule has 28 heavy (non-hydrogen) atoms. The maximum Gasteiger partial charge on any atom is 0.573 e. The summed E-state index contributed by atoms with van der Waals surface area (Å²) in [6.45, 7) is 0.761. The first kappa shape index (κ1) is 20.7. The highest BCUT2D eigenvalue weighted by atomic mass is 35.5. The predicted octanol–water partition coefficient (Wildman–Crippen LogP) is 3.97. The first-order chi connectivity index (χ1) is 13.1. The van der Waals surface area contributed by atoms with Gasteiger partial charge in [-0.2, -0.15) is 0 Å². The number of halogens is 4. The summed E-state index contributed by atoms with van der Waals surface area (Å²) >= 11 is 7.06. The fourth-order valence-corrected chi connectivity index (χ4v) is 4.23. The predicted molar refractivity (Wildman–Crippen MR) is 96.9 cm³/mol. The van der Waals surface area contributed by atoms with Crippen LogP contribution in [0.3, 0.4) is 0 Å². The van der Waals surface area contributed by atoms with Crippen molar-refractivity contribution < 1.29 is 32.5 Å². The summed E-state index contributed by atoms with van der Waals surface area (Å²) in [7, 11) is 1.25. The monoisotopic (exact) mass is 436 g/mol. The molecule has 0 atom stereocenters. The molecular weight excluding hydrogens is 421 g/mol. The summed E-state index contributed by atoms with van der Waals surface area (Å²) < 4.78 is 45.9. The summed E-state index contributed by atoms with van der Waals surface area (Å²) in [5.41, 5.74) is -0.949. The highest BCUT2D eigenvalue weighted by Crippen LogP contribution is 2.38. The van der Waals surface area contributed by atoms with Gasteiger partial charge in [-0.3, -0.25) is 0 Å². The van der Waals surface area contributed by atoms with Gasteiger partial charge in [0.2, 0.25) is 0 Å². The van der Waals surface area contributed by atoms with Crippen LogP contribution in [0.25, 0.3) is 0 Å². The molecule has 1 aromatic carbocycles. The van der Waals surface area contributed by atoms with E-state index in [-0.39, 0.29) is 28.6 Å². The molecule has 6 nitrogen and oxygen atoms in total. The van der Waals surface area contributed by atoms with Gasteiger partial charge in [-0.15, -0.1) is 13.2 Å². The van der Waals surface area contributed by atoms with Crippen LogP contribution in [-0.4, -0.2) is 42.6 Å². The van der Waals surface area contributed by atoms with Crippen LogP contribution in [0.4, 0.5) is 18.3 Å². The number of alkyl halides is 3. The van der Waals surface area contributed by atoms with Crippen molar-refractivity contribution in [2.75, 3.05) is 25.1 Å². The van der Waals surface area contributed by atoms with Crippen molar-refractivity contribution in [3.05, 3.63) is 39.9 Å². The van der Waals surface area contributed by atoms with Crippen molar-refractivity contribution in [1.29, 1.82) is 0 Å². The minimum Gasteiger partial charge on any atom is -0.465 e. The van der Waals surface area contributed by atoms with Crippen molar-refractivity contribution in [3.8, 4) is 5.75 Å². The number of aromatic nitrogens is 1. The van der Waals surface area contributed by atoms with Crippen molar-refractivity contribution in [3.63, 3.8) is 0 Å². The van der Waals surface area contributed by atoms with Crippen LogP contribution < -0.4 is 9.64 Å². The third kappa shape index (κ3) is 4.50. The van der Waals surface area contributed by atoms with Gasteiger partial charge < -0.3 is 19.5 Å². The summed E-state index contributed by atoms with van der Waals surface area (Å²) in [4.78, 5) is 17.9. The molecule has 1 aromatic heterocycles. The number of piperidine rings is 1. The van der Waals surface area contributed by atoms with Crippen LogP contribution in [0.2, 0.25) is 5.15 Å². The van der Waals surface area contributed by atoms with Gasteiger partial charge in [0.05, 0.1) is 12.7 Å². The van der Waals surface area contributed by atoms with Gasteiger partial charge in [0.25, 0.3) is 0 Å². The van der Waals surface area contributed by atoms with Crippen LogP contribution in [-0.2, 0) is 10.3 Å². The number of esters is 1. The molecule has 0 radical (unpaired) electrons. The number of benzene rings is 1. The standard InChI is InChI=1S/C17H16ClF3N2O4S/c1-26-14(24)12-13(18)22-15(28-12)23-7-5-16(25,6-8-23)10-3-2-4-11(9-10)27-17(19,20)21/h2-4,9,25H,5-8H2,1H3. The lowest BCUT2D eigenvalue weighted by molar-refractivity contribution is -0.274. The number of rotatable bonds is 4. The second-order valence-corrected chi connectivity index (χ2v) is 7.54. The second-order valence-electron chi connectivity index (χ2n) is 6.20. The Hall–Kier alpha value is -2.04. The zero-order valence-electron chi connectivity index (χ0n) is 14.6. The molecule has 1 aliphatic heterocycles. The van der Waals surface area contributed by atoms with E-state index in [1.54, 1.807) is 6.07 Å². The lowest BCUT2D eigenvalue weighted by Gasteiger charge is -2.38. The number of hydrogen-bond donors (Lipinski definition) is 1. The van der Waals surface area contributed by atoms with Crippen molar-refractivity contribution in [2.24, 2.45) is 0 Å². The maximum atomic E-state index is 12.4. The van der Waals surface area contributed by atoms with E-state index in [0.717, 1.165) is 11.3 Å². The molecule has 11 heteroatoms. The maximum absolute atomic E-state index is 12.4. The van der Waals surface area contributed by atoms with Gasteiger partial charge in [0.1, 0.15) is 5.75 Å². The van der Waals surface area contributed by atoms with Crippen LogP contribution >= 0.6 is 22.9 Å². The molecule has 0 saturated carbocycles. The van der Waals surface area contributed by atoms with Crippen LogP contribution in [0, 0.1) is 0 Å². The molecule has 1 fully saturated rings. The molecule has 3 rings (SSSR count). The Morgan fingerprint density at radius 3 is 2.64 bits per heavy atom. The Labute approximate surface area is 167 Å². The topological polar surface area (TPSA) is 71.9 Å². The average Bonchev–Trinajstić information content (AvgIpc) is 3.02. The minimum atomic E-state index is -4.80. The molecule has 1 saturated heterocycles.